The molecule has 1 N–H and O–H groups in total. The van der Waals surface area contributed by atoms with Gasteiger partial charge in [-0.15, -0.1) is 0 Å². The van der Waals surface area contributed by atoms with Crippen molar-refractivity contribution in [1.82, 2.24) is 10.2 Å². The van der Waals surface area contributed by atoms with Gasteiger partial charge in [0.05, 0.1) is 23.8 Å². The maximum atomic E-state index is 12.2. The van der Waals surface area contributed by atoms with Gasteiger partial charge in [-0.3, -0.25) is 9.69 Å². The first-order valence-corrected chi connectivity index (χ1v) is 6.74. The van der Waals surface area contributed by atoms with E-state index in [1.54, 1.807) is 31.4 Å². The Balaban J connectivity index is 2.05. The SMILES string of the molecule is CCN1C[C@H](NC(=O)c2cccc(C#N)c2)[C@@H](OC)C1. The first kappa shape index (κ1) is 14.5. The van der Waals surface area contributed by atoms with Gasteiger partial charge in [0.2, 0.25) is 0 Å². The molecule has 5 nitrogen and oxygen atoms in total. The fourth-order valence-electron chi connectivity index (χ4n) is 2.47. The number of likely N-dealkylation sites (tertiary alicyclic amines) is 1. The summed E-state index contributed by atoms with van der Waals surface area (Å²) in [6, 6.07) is 8.74. The van der Waals surface area contributed by atoms with Crippen LogP contribution >= 0.6 is 0 Å². The van der Waals surface area contributed by atoms with E-state index in [0.717, 1.165) is 19.6 Å². The van der Waals surface area contributed by atoms with Crippen LogP contribution in [0.5, 0.6) is 0 Å². The molecule has 1 amide bonds. The zero-order chi connectivity index (χ0) is 14.5. The van der Waals surface area contributed by atoms with Crippen molar-refractivity contribution < 1.29 is 9.53 Å². The van der Waals surface area contributed by atoms with Crippen molar-refractivity contribution in [2.24, 2.45) is 0 Å². The average Bonchev–Trinajstić information content (AvgIpc) is 2.89. The second kappa shape index (κ2) is 6.51. The third-order valence-corrected chi connectivity index (χ3v) is 3.66. The topological polar surface area (TPSA) is 65.4 Å². The van der Waals surface area contributed by atoms with Gasteiger partial charge in [0.25, 0.3) is 5.91 Å². The Morgan fingerprint density at radius 1 is 1.55 bits per heavy atom. The van der Waals surface area contributed by atoms with Crippen molar-refractivity contribution in [2.45, 2.75) is 19.1 Å². The first-order chi connectivity index (χ1) is 9.67. The minimum atomic E-state index is -0.160. The smallest absolute Gasteiger partial charge is 0.251 e. The lowest BCUT2D eigenvalue weighted by atomic mass is 10.1. The molecule has 2 rings (SSSR count). The monoisotopic (exact) mass is 273 g/mol. The van der Waals surface area contributed by atoms with Crippen LogP contribution in [0, 0.1) is 11.3 Å². The first-order valence-electron chi connectivity index (χ1n) is 6.74. The predicted molar refractivity (Wildman–Crippen MR) is 75.3 cm³/mol. The summed E-state index contributed by atoms with van der Waals surface area (Å²) < 4.78 is 5.43. The number of ether oxygens (including phenoxy) is 1. The standard InChI is InChI=1S/C15H19N3O2/c1-3-18-9-13(14(10-18)20-2)17-15(19)12-6-4-5-11(7-12)8-16/h4-7,13-14H,3,9-10H2,1-2H3,(H,17,19)/t13-,14-/m0/s1. The Kier molecular flexibility index (Phi) is 4.72. The highest BCUT2D eigenvalue weighted by Gasteiger charge is 2.33. The van der Waals surface area contributed by atoms with Crippen LogP contribution in [0.1, 0.15) is 22.8 Å². The second-order valence-electron chi connectivity index (χ2n) is 4.90. The fourth-order valence-corrected chi connectivity index (χ4v) is 2.47. The van der Waals surface area contributed by atoms with E-state index in [4.69, 9.17) is 10.00 Å². The number of rotatable bonds is 4. The van der Waals surface area contributed by atoms with Gasteiger partial charge in [-0.05, 0) is 24.7 Å². The van der Waals surface area contributed by atoms with Crippen molar-refractivity contribution in [3.05, 3.63) is 35.4 Å². The van der Waals surface area contributed by atoms with Gasteiger partial charge in [-0.25, -0.2) is 0 Å². The molecule has 0 saturated carbocycles. The molecule has 0 bridgehead atoms. The number of hydrogen-bond acceptors (Lipinski definition) is 4. The number of benzene rings is 1. The highest BCUT2D eigenvalue weighted by atomic mass is 16.5. The van der Waals surface area contributed by atoms with E-state index in [1.165, 1.54) is 0 Å². The van der Waals surface area contributed by atoms with E-state index in [0.29, 0.717) is 11.1 Å². The maximum Gasteiger partial charge on any atom is 0.251 e. The number of methoxy groups -OCH3 is 1. The third-order valence-electron chi connectivity index (χ3n) is 3.66. The molecule has 2 atom stereocenters. The van der Waals surface area contributed by atoms with Crippen molar-refractivity contribution >= 4 is 5.91 Å². The zero-order valence-electron chi connectivity index (χ0n) is 11.8. The number of nitrogens with one attached hydrogen (secondary N) is 1. The summed E-state index contributed by atoms with van der Waals surface area (Å²) in [7, 11) is 1.67. The van der Waals surface area contributed by atoms with E-state index in [1.807, 2.05) is 6.07 Å². The lowest BCUT2D eigenvalue weighted by Gasteiger charge is -2.18. The number of carbonyl (C=O) groups excluding carboxylic acids is 1. The summed E-state index contributed by atoms with van der Waals surface area (Å²) in [5.41, 5.74) is 0.997. The van der Waals surface area contributed by atoms with Crippen LogP contribution in [-0.4, -0.2) is 49.7 Å². The summed E-state index contributed by atoms with van der Waals surface area (Å²) >= 11 is 0. The molecule has 106 valence electrons. The lowest BCUT2D eigenvalue weighted by Crippen LogP contribution is -2.43. The largest absolute Gasteiger partial charge is 0.378 e. The normalized spacial score (nSPS) is 22.4. The molecule has 1 fully saturated rings. The van der Waals surface area contributed by atoms with Gasteiger partial charge in [0.1, 0.15) is 0 Å². The molecule has 5 heteroatoms. The van der Waals surface area contributed by atoms with Crippen LogP contribution < -0.4 is 5.32 Å². The number of carbonyl (C=O) groups is 1. The van der Waals surface area contributed by atoms with Crippen LogP contribution in [0.25, 0.3) is 0 Å². The number of likely N-dealkylation sites (N-methyl/N-ethyl adjacent to an activating group) is 1. The minimum absolute atomic E-state index is 0.0121. The van der Waals surface area contributed by atoms with Crippen molar-refractivity contribution in [1.29, 1.82) is 5.26 Å². The van der Waals surface area contributed by atoms with Crippen molar-refractivity contribution in [2.75, 3.05) is 26.7 Å². The Hall–Kier alpha value is -1.90. The molecule has 1 aliphatic rings. The summed E-state index contributed by atoms with van der Waals surface area (Å²) in [6.45, 7) is 4.65. The highest BCUT2D eigenvalue weighted by molar-refractivity contribution is 5.94. The average molecular weight is 273 g/mol. The van der Waals surface area contributed by atoms with Gasteiger partial charge in [0.15, 0.2) is 0 Å². The van der Waals surface area contributed by atoms with Crippen molar-refractivity contribution in [3.8, 4) is 6.07 Å². The Bertz CT molecular complexity index is 524. The molecule has 1 aliphatic heterocycles. The van der Waals surface area contributed by atoms with Gasteiger partial charge >= 0.3 is 0 Å². The summed E-state index contributed by atoms with van der Waals surface area (Å²) in [6.07, 6.45) is 0.0121. The number of nitriles is 1. The molecule has 0 radical (unpaired) electrons. The van der Waals surface area contributed by atoms with Crippen LogP contribution in [0.3, 0.4) is 0 Å². The van der Waals surface area contributed by atoms with E-state index in [2.05, 4.69) is 17.1 Å². The van der Waals surface area contributed by atoms with Crippen LogP contribution in [0.2, 0.25) is 0 Å². The maximum absolute atomic E-state index is 12.2. The fraction of sp³-hybridized carbons (Fsp3) is 0.467. The predicted octanol–water partition coefficient (Wildman–Crippen LogP) is 1.01. The second-order valence-corrected chi connectivity index (χ2v) is 4.90. The number of amides is 1. The number of nitrogens with zero attached hydrogens (tertiary/aromatic N) is 2. The van der Waals surface area contributed by atoms with Crippen LogP contribution in [0.15, 0.2) is 24.3 Å². The summed E-state index contributed by atoms with van der Waals surface area (Å²) in [5, 5.41) is 11.9. The summed E-state index contributed by atoms with van der Waals surface area (Å²) in [4.78, 5) is 14.5. The molecule has 0 aromatic heterocycles. The van der Waals surface area contributed by atoms with Crippen LogP contribution in [-0.2, 0) is 4.74 Å². The molecule has 0 spiro atoms. The molecular weight excluding hydrogens is 254 g/mol. The van der Waals surface area contributed by atoms with E-state index < -0.39 is 0 Å². The molecule has 1 saturated heterocycles. The number of hydrogen-bond donors (Lipinski definition) is 1. The molecule has 0 aliphatic carbocycles. The molecular formula is C15H19N3O2. The van der Waals surface area contributed by atoms with E-state index >= 15 is 0 Å². The Morgan fingerprint density at radius 3 is 3.00 bits per heavy atom. The lowest BCUT2D eigenvalue weighted by molar-refractivity contribution is 0.0762. The van der Waals surface area contributed by atoms with E-state index in [-0.39, 0.29) is 18.1 Å². The van der Waals surface area contributed by atoms with Gasteiger partial charge in [0, 0.05) is 25.8 Å². The summed E-state index contributed by atoms with van der Waals surface area (Å²) in [5.74, 6) is -0.160. The third kappa shape index (κ3) is 3.16. The molecule has 1 heterocycles. The van der Waals surface area contributed by atoms with E-state index in [9.17, 15) is 4.79 Å². The molecule has 1 aromatic rings. The quantitative estimate of drug-likeness (QED) is 0.889. The van der Waals surface area contributed by atoms with Gasteiger partial charge in [-0.2, -0.15) is 5.26 Å². The Labute approximate surface area is 119 Å². The van der Waals surface area contributed by atoms with Crippen LogP contribution in [0.4, 0.5) is 0 Å². The zero-order valence-corrected chi connectivity index (χ0v) is 11.8. The molecule has 1 aromatic carbocycles. The minimum Gasteiger partial charge on any atom is -0.378 e. The molecule has 20 heavy (non-hydrogen) atoms. The van der Waals surface area contributed by atoms with Gasteiger partial charge in [-0.1, -0.05) is 13.0 Å². The molecule has 0 unspecified atom stereocenters. The Morgan fingerprint density at radius 2 is 2.35 bits per heavy atom. The van der Waals surface area contributed by atoms with Crippen molar-refractivity contribution in [3.63, 3.8) is 0 Å². The van der Waals surface area contributed by atoms with Gasteiger partial charge < -0.3 is 10.1 Å². The highest BCUT2D eigenvalue weighted by Crippen LogP contribution is 2.14.